The highest BCUT2D eigenvalue weighted by atomic mass is 16.5. The van der Waals surface area contributed by atoms with Crippen molar-refractivity contribution in [3.8, 4) is 5.75 Å². The fourth-order valence-electron chi connectivity index (χ4n) is 3.36. The molecular formula is C23H27NO2. The molecular weight excluding hydrogens is 322 g/mol. The molecule has 3 nitrogen and oxygen atoms in total. The molecule has 0 bridgehead atoms. The van der Waals surface area contributed by atoms with Gasteiger partial charge in [0.25, 0.3) is 0 Å². The molecule has 0 heterocycles. The van der Waals surface area contributed by atoms with E-state index in [1.807, 2.05) is 12.1 Å². The number of hydrogen-bond donors (Lipinski definition) is 2. The van der Waals surface area contributed by atoms with Crippen LogP contribution in [0.4, 0.5) is 0 Å². The summed E-state index contributed by atoms with van der Waals surface area (Å²) in [6, 6.07) is 23.6. The molecule has 2 N–H and O–H groups in total. The molecule has 0 fully saturated rings. The summed E-state index contributed by atoms with van der Waals surface area (Å²) < 4.78 is 5.31. The van der Waals surface area contributed by atoms with Gasteiger partial charge in [0.1, 0.15) is 5.75 Å². The van der Waals surface area contributed by atoms with E-state index >= 15 is 0 Å². The fraction of sp³-hybridized carbons (Fsp3) is 0.304. The zero-order chi connectivity index (χ0) is 18.4. The van der Waals surface area contributed by atoms with Crippen molar-refractivity contribution >= 4 is 10.8 Å². The second-order valence-corrected chi connectivity index (χ2v) is 6.69. The van der Waals surface area contributed by atoms with E-state index in [4.69, 9.17) is 4.74 Å². The Balaban J connectivity index is 1.80. The van der Waals surface area contributed by atoms with Gasteiger partial charge in [-0.1, -0.05) is 48.5 Å². The van der Waals surface area contributed by atoms with Gasteiger partial charge in [0.05, 0.1) is 7.11 Å². The second kappa shape index (κ2) is 8.84. The van der Waals surface area contributed by atoms with E-state index in [1.54, 1.807) is 7.11 Å². The van der Waals surface area contributed by atoms with E-state index in [0.717, 1.165) is 18.6 Å². The fourth-order valence-corrected chi connectivity index (χ4v) is 3.36. The number of methoxy groups -OCH3 is 1. The first-order valence-electron chi connectivity index (χ1n) is 9.21. The van der Waals surface area contributed by atoms with Crippen molar-refractivity contribution in [1.82, 2.24) is 5.32 Å². The third-order valence-electron chi connectivity index (χ3n) is 4.88. The highest BCUT2D eigenvalue weighted by molar-refractivity contribution is 5.84. The molecule has 3 aromatic rings. The molecule has 0 saturated carbocycles. The van der Waals surface area contributed by atoms with Crippen molar-refractivity contribution in [2.24, 2.45) is 0 Å². The maximum Gasteiger partial charge on any atom is 0.119 e. The Morgan fingerprint density at radius 1 is 0.923 bits per heavy atom. The van der Waals surface area contributed by atoms with Gasteiger partial charge in [-0.2, -0.15) is 0 Å². The molecule has 0 aliphatic rings. The zero-order valence-electron chi connectivity index (χ0n) is 15.5. The first kappa shape index (κ1) is 18.4. The van der Waals surface area contributed by atoms with E-state index in [-0.39, 0.29) is 18.7 Å². The van der Waals surface area contributed by atoms with Gasteiger partial charge in [0, 0.05) is 18.7 Å². The topological polar surface area (TPSA) is 41.5 Å². The predicted molar refractivity (Wildman–Crippen MR) is 108 cm³/mol. The summed E-state index contributed by atoms with van der Waals surface area (Å²) in [6.45, 7) is 2.41. The van der Waals surface area contributed by atoms with E-state index in [1.165, 1.54) is 21.9 Å². The molecule has 3 rings (SSSR count). The van der Waals surface area contributed by atoms with Crippen molar-refractivity contribution in [2.75, 3.05) is 13.7 Å². The quantitative estimate of drug-likeness (QED) is 0.600. The number of rotatable bonds is 8. The van der Waals surface area contributed by atoms with E-state index in [0.29, 0.717) is 0 Å². The minimum absolute atomic E-state index is 0.213. The summed E-state index contributed by atoms with van der Waals surface area (Å²) in [6.07, 6.45) is 1.70. The molecule has 2 unspecified atom stereocenters. The molecule has 2 atom stereocenters. The molecule has 0 aliphatic carbocycles. The summed E-state index contributed by atoms with van der Waals surface area (Å²) >= 11 is 0. The monoisotopic (exact) mass is 349 g/mol. The van der Waals surface area contributed by atoms with Gasteiger partial charge >= 0.3 is 0 Å². The van der Waals surface area contributed by atoms with Crippen LogP contribution in [0.2, 0.25) is 0 Å². The Morgan fingerprint density at radius 2 is 1.65 bits per heavy atom. The first-order valence-corrected chi connectivity index (χ1v) is 9.21. The lowest BCUT2D eigenvalue weighted by atomic mass is 9.98. The van der Waals surface area contributed by atoms with Crippen LogP contribution in [0.5, 0.6) is 5.75 Å². The molecule has 3 aromatic carbocycles. The Hall–Kier alpha value is -2.36. The van der Waals surface area contributed by atoms with Gasteiger partial charge < -0.3 is 15.2 Å². The highest BCUT2D eigenvalue weighted by Crippen LogP contribution is 2.27. The molecule has 0 radical (unpaired) electrons. The largest absolute Gasteiger partial charge is 0.497 e. The standard InChI is InChI=1S/C23H27NO2/c1-17(24-23(9-6-14-25)18-7-4-3-5-8-18)19-10-11-21-16-22(26-2)13-12-20(21)15-19/h3-5,7-8,10-13,15-17,23-25H,6,9,14H2,1-2H3. The van der Waals surface area contributed by atoms with Crippen molar-refractivity contribution in [2.45, 2.75) is 31.8 Å². The van der Waals surface area contributed by atoms with Crippen LogP contribution >= 0.6 is 0 Å². The van der Waals surface area contributed by atoms with Crippen LogP contribution in [-0.2, 0) is 0 Å². The number of fused-ring (bicyclic) bond motifs is 1. The van der Waals surface area contributed by atoms with Gasteiger partial charge in [-0.25, -0.2) is 0 Å². The summed E-state index contributed by atoms with van der Waals surface area (Å²) in [4.78, 5) is 0. The van der Waals surface area contributed by atoms with Gasteiger partial charge in [-0.3, -0.25) is 0 Å². The molecule has 0 spiro atoms. The highest BCUT2D eigenvalue weighted by Gasteiger charge is 2.15. The van der Waals surface area contributed by atoms with Gasteiger partial charge in [0.2, 0.25) is 0 Å². The van der Waals surface area contributed by atoms with Crippen LogP contribution in [-0.4, -0.2) is 18.8 Å². The Bertz CT molecular complexity index is 832. The second-order valence-electron chi connectivity index (χ2n) is 6.69. The minimum Gasteiger partial charge on any atom is -0.497 e. The lowest BCUT2D eigenvalue weighted by Gasteiger charge is -2.24. The number of aliphatic hydroxyl groups excluding tert-OH is 1. The molecule has 0 aromatic heterocycles. The first-order chi connectivity index (χ1) is 12.7. The molecule has 0 amide bonds. The maximum absolute atomic E-state index is 9.24. The maximum atomic E-state index is 9.24. The number of ether oxygens (including phenoxy) is 1. The lowest BCUT2D eigenvalue weighted by Crippen LogP contribution is -2.25. The molecule has 3 heteroatoms. The molecule has 0 saturated heterocycles. The summed E-state index contributed by atoms with van der Waals surface area (Å²) in [7, 11) is 1.69. The van der Waals surface area contributed by atoms with Crippen LogP contribution in [0, 0.1) is 0 Å². The predicted octanol–water partition coefficient (Wildman–Crippen LogP) is 5.01. The van der Waals surface area contributed by atoms with Crippen LogP contribution in [0.1, 0.15) is 43.0 Å². The van der Waals surface area contributed by atoms with Crippen LogP contribution < -0.4 is 10.1 Å². The van der Waals surface area contributed by atoms with Gasteiger partial charge in [-0.05, 0) is 59.9 Å². The van der Waals surface area contributed by atoms with E-state index < -0.39 is 0 Å². The number of hydrogen-bond acceptors (Lipinski definition) is 3. The van der Waals surface area contributed by atoms with Crippen LogP contribution in [0.15, 0.2) is 66.7 Å². The Morgan fingerprint density at radius 3 is 2.38 bits per heavy atom. The third kappa shape index (κ3) is 4.43. The normalized spacial score (nSPS) is 13.5. The lowest BCUT2D eigenvalue weighted by molar-refractivity contribution is 0.272. The Labute approximate surface area is 155 Å². The van der Waals surface area contributed by atoms with E-state index in [2.05, 4.69) is 66.8 Å². The van der Waals surface area contributed by atoms with Crippen molar-refractivity contribution in [3.05, 3.63) is 77.9 Å². The molecule has 0 aliphatic heterocycles. The minimum atomic E-state index is 0.213. The van der Waals surface area contributed by atoms with Gasteiger partial charge in [-0.15, -0.1) is 0 Å². The Kier molecular flexibility index (Phi) is 6.26. The average molecular weight is 349 g/mol. The number of nitrogens with one attached hydrogen (secondary N) is 1. The average Bonchev–Trinajstić information content (AvgIpc) is 2.70. The van der Waals surface area contributed by atoms with Crippen molar-refractivity contribution in [3.63, 3.8) is 0 Å². The molecule has 136 valence electrons. The van der Waals surface area contributed by atoms with E-state index in [9.17, 15) is 5.11 Å². The smallest absolute Gasteiger partial charge is 0.119 e. The van der Waals surface area contributed by atoms with Crippen LogP contribution in [0.3, 0.4) is 0 Å². The molecule has 26 heavy (non-hydrogen) atoms. The number of benzene rings is 3. The summed E-state index contributed by atoms with van der Waals surface area (Å²) in [5, 5.41) is 15.4. The summed E-state index contributed by atoms with van der Waals surface area (Å²) in [5.74, 6) is 0.879. The van der Waals surface area contributed by atoms with Gasteiger partial charge in [0.15, 0.2) is 0 Å². The SMILES string of the molecule is COc1ccc2cc(C(C)NC(CCCO)c3ccccc3)ccc2c1. The van der Waals surface area contributed by atoms with Crippen molar-refractivity contribution < 1.29 is 9.84 Å². The summed E-state index contributed by atoms with van der Waals surface area (Å²) in [5.41, 5.74) is 2.52. The zero-order valence-corrected chi connectivity index (χ0v) is 15.5. The number of aliphatic hydroxyl groups is 1. The van der Waals surface area contributed by atoms with Crippen LogP contribution in [0.25, 0.3) is 10.8 Å². The van der Waals surface area contributed by atoms with Crippen molar-refractivity contribution in [1.29, 1.82) is 0 Å². The third-order valence-corrected chi connectivity index (χ3v) is 4.88.